The van der Waals surface area contributed by atoms with E-state index in [1.807, 2.05) is 0 Å². The van der Waals surface area contributed by atoms with Gasteiger partial charge in [0.1, 0.15) is 0 Å². The van der Waals surface area contributed by atoms with Crippen LogP contribution in [0.5, 0.6) is 0 Å². The second-order valence-corrected chi connectivity index (χ2v) is 7.30. The van der Waals surface area contributed by atoms with Crippen LogP contribution >= 0.6 is 23.2 Å². The first-order valence-corrected chi connectivity index (χ1v) is 8.76. The molecule has 0 spiro atoms. The SMILES string of the molecule is OC[C@@H]1CN(Cc2c(Cl)cncc2Cl)C[C@@H]1CN1CCCC1. The van der Waals surface area contributed by atoms with Crippen LogP contribution in [0.3, 0.4) is 0 Å². The first-order chi connectivity index (χ1) is 10.7. The highest BCUT2D eigenvalue weighted by Gasteiger charge is 2.34. The van der Waals surface area contributed by atoms with Crippen molar-refractivity contribution in [2.75, 3.05) is 39.3 Å². The minimum absolute atomic E-state index is 0.257. The van der Waals surface area contributed by atoms with Crippen LogP contribution in [0.2, 0.25) is 10.0 Å². The van der Waals surface area contributed by atoms with Gasteiger partial charge in [0.2, 0.25) is 0 Å². The molecule has 0 unspecified atom stereocenters. The molecule has 2 atom stereocenters. The van der Waals surface area contributed by atoms with E-state index in [2.05, 4.69) is 14.8 Å². The summed E-state index contributed by atoms with van der Waals surface area (Å²) in [6.45, 7) is 6.40. The van der Waals surface area contributed by atoms with E-state index in [9.17, 15) is 5.11 Å². The minimum atomic E-state index is 0.257. The molecule has 0 radical (unpaired) electrons. The fourth-order valence-corrected chi connectivity index (χ4v) is 4.17. The Balaban J connectivity index is 1.63. The van der Waals surface area contributed by atoms with Crippen molar-refractivity contribution in [3.05, 3.63) is 28.0 Å². The van der Waals surface area contributed by atoms with Crippen LogP contribution in [0.15, 0.2) is 12.4 Å². The van der Waals surface area contributed by atoms with E-state index in [1.165, 1.54) is 25.9 Å². The van der Waals surface area contributed by atoms with Crippen LogP contribution < -0.4 is 0 Å². The highest BCUT2D eigenvalue weighted by atomic mass is 35.5. The number of hydrogen-bond donors (Lipinski definition) is 1. The van der Waals surface area contributed by atoms with Gasteiger partial charge in [0.15, 0.2) is 0 Å². The summed E-state index contributed by atoms with van der Waals surface area (Å²) in [6, 6.07) is 0. The molecule has 1 N–H and O–H groups in total. The Hall–Kier alpha value is -0.390. The number of aliphatic hydroxyl groups is 1. The number of likely N-dealkylation sites (tertiary alicyclic amines) is 2. The second kappa shape index (κ2) is 7.45. The van der Waals surface area contributed by atoms with E-state index in [0.29, 0.717) is 21.9 Å². The van der Waals surface area contributed by atoms with Crippen LogP contribution in [-0.4, -0.2) is 59.2 Å². The normalized spacial score (nSPS) is 26.9. The summed E-state index contributed by atoms with van der Waals surface area (Å²) in [5.74, 6) is 0.877. The maximum atomic E-state index is 9.70. The summed E-state index contributed by atoms with van der Waals surface area (Å²) in [5, 5.41) is 10.9. The van der Waals surface area contributed by atoms with Gasteiger partial charge in [0.25, 0.3) is 0 Å². The fraction of sp³-hybridized carbons (Fsp3) is 0.688. The summed E-state index contributed by atoms with van der Waals surface area (Å²) in [5.41, 5.74) is 0.942. The standard InChI is InChI=1S/C16H23Cl2N3O/c17-15-5-19-6-16(18)14(15)10-21-8-12(13(9-21)11-22)7-20-3-1-2-4-20/h5-6,12-13,22H,1-4,7-11H2/t12-,13-/m0/s1. The second-order valence-electron chi connectivity index (χ2n) is 6.49. The average Bonchev–Trinajstić information content (AvgIpc) is 3.13. The van der Waals surface area contributed by atoms with Crippen molar-refractivity contribution in [2.45, 2.75) is 19.4 Å². The molecule has 3 rings (SSSR count). The monoisotopic (exact) mass is 343 g/mol. The lowest BCUT2D eigenvalue weighted by Gasteiger charge is -2.23. The molecule has 3 heterocycles. The minimum Gasteiger partial charge on any atom is -0.396 e. The lowest BCUT2D eigenvalue weighted by atomic mass is 9.96. The third-order valence-corrected chi connectivity index (χ3v) is 5.56. The zero-order valence-corrected chi connectivity index (χ0v) is 14.2. The van der Waals surface area contributed by atoms with Crippen molar-refractivity contribution < 1.29 is 5.11 Å². The Morgan fingerprint density at radius 3 is 2.32 bits per heavy atom. The van der Waals surface area contributed by atoms with Crippen molar-refractivity contribution >= 4 is 23.2 Å². The van der Waals surface area contributed by atoms with E-state index in [1.54, 1.807) is 12.4 Å². The van der Waals surface area contributed by atoms with E-state index in [0.717, 1.165) is 31.7 Å². The van der Waals surface area contributed by atoms with E-state index in [4.69, 9.17) is 23.2 Å². The Morgan fingerprint density at radius 1 is 1.05 bits per heavy atom. The maximum Gasteiger partial charge on any atom is 0.0649 e. The Kier molecular flexibility index (Phi) is 5.58. The summed E-state index contributed by atoms with van der Waals surface area (Å²) in [6.07, 6.45) is 5.90. The quantitative estimate of drug-likeness (QED) is 0.891. The van der Waals surface area contributed by atoms with Crippen molar-refractivity contribution in [1.82, 2.24) is 14.8 Å². The third kappa shape index (κ3) is 3.74. The van der Waals surface area contributed by atoms with Gasteiger partial charge in [-0.2, -0.15) is 0 Å². The summed E-state index contributed by atoms with van der Waals surface area (Å²) in [4.78, 5) is 8.89. The molecule has 122 valence electrons. The number of pyridine rings is 1. The van der Waals surface area contributed by atoms with Crippen LogP contribution in [0, 0.1) is 11.8 Å². The molecular weight excluding hydrogens is 321 g/mol. The molecule has 22 heavy (non-hydrogen) atoms. The molecule has 2 saturated heterocycles. The van der Waals surface area contributed by atoms with Crippen molar-refractivity contribution in [2.24, 2.45) is 11.8 Å². The highest BCUT2D eigenvalue weighted by Crippen LogP contribution is 2.30. The summed E-state index contributed by atoms with van der Waals surface area (Å²) in [7, 11) is 0. The van der Waals surface area contributed by atoms with Gasteiger partial charge in [-0.15, -0.1) is 0 Å². The first-order valence-electron chi connectivity index (χ1n) is 8.01. The van der Waals surface area contributed by atoms with Crippen molar-refractivity contribution in [3.8, 4) is 0 Å². The molecule has 4 nitrogen and oxygen atoms in total. The van der Waals surface area contributed by atoms with Gasteiger partial charge in [-0.3, -0.25) is 9.88 Å². The Bertz CT molecular complexity index is 488. The largest absolute Gasteiger partial charge is 0.396 e. The van der Waals surface area contributed by atoms with Crippen LogP contribution in [0.1, 0.15) is 18.4 Å². The molecule has 2 fully saturated rings. The number of hydrogen-bond acceptors (Lipinski definition) is 4. The van der Waals surface area contributed by atoms with E-state index >= 15 is 0 Å². The molecule has 0 aromatic carbocycles. The van der Waals surface area contributed by atoms with Crippen LogP contribution in [0.4, 0.5) is 0 Å². The van der Waals surface area contributed by atoms with Crippen molar-refractivity contribution in [3.63, 3.8) is 0 Å². The Labute approximate surface area is 142 Å². The molecule has 0 saturated carbocycles. The number of aromatic nitrogens is 1. The van der Waals surface area contributed by atoms with Gasteiger partial charge in [-0.05, 0) is 37.8 Å². The molecule has 0 aliphatic carbocycles. The molecule has 0 bridgehead atoms. The van der Waals surface area contributed by atoms with Gasteiger partial charge in [0.05, 0.1) is 10.0 Å². The van der Waals surface area contributed by atoms with Gasteiger partial charge >= 0.3 is 0 Å². The Morgan fingerprint density at radius 2 is 1.68 bits per heavy atom. The zero-order chi connectivity index (χ0) is 15.5. The van der Waals surface area contributed by atoms with Crippen LogP contribution in [-0.2, 0) is 6.54 Å². The van der Waals surface area contributed by atoms with Gasteiger partial charge in [-0.1, -0.05) is 23.2 Å². The molecule has 0 amide bonds. The summed E-state index contributed by atoms with van der Waals surface area (Å²) < 4.78 is 0. The predicted octanol–water partition coefficient (Wildman–Crippen LogP) is 2.52. The molecule has 2 aliphatic rings. The maximum absolute atomic E-state index is 9.70. The van der Waals surface area contributed by atoms with E-state index in [-0.39, 0.29) is 6.61 Å². The third-order valence-electron chi connectivity index (χ3n) is 4.91. The molecule has 1 aromatic rings. The topological polar surface area (TPSA) is 39.6 Å². The molecular formula is C16H23Cl2N3O. The molecule has 6 heteroatoms. The smallest absolute Gasteiger partial charge is 0.0649 e. The summed E-state index contributed by atoms with van der Waals surface area (Å²) >= 11 is 12.4. The lowest BCUT2D eigenvalue weighted by Crippen LogP contribution is -2.31. The first kappa shape index (κ1) is 16.5. The van der Waals surface area contributed by atoms with Crippen molar-refractivity contribution in [1.29, 1.82) is 0 Å². The van der Waals surface area contributed by atoms with Gasteiger partial charge in [-0.25, -0.2) is 0 Å². The number of aliphatic hydroxyl groups excluding tert-OH is 1. The van der Waals surface area contributed by atoms with Crippen LogP contribution in [0.25, 0.3) is 0 Å². The zero-order valence-electron chi connectivity index (χ0n) is 12.7. The highest BCUT2D eigenvalue weighted by molar-refractivity contribution is 6.35. The predicted molar refractivity (Wildman–Crippen MR) is 89.3 cm³/mol. The fourth-order valence-electron chi connectivity index (χ4n) is 3.69. The van der Waals surface area contributed by atoms with E-state index < -0.39 is 0 Å². The number of rotatable bonds is 5. The average molecular weight is 344 g/mol. The molecule has 2 aliphatic heterocycles. The number of halogens is 2. The van der Waals surface area contributed by atoms with Gasteiger partial charge < -0.3 is 10.0 Å². The van der Waals surface area contributed by atoms with Gasteiger partial charge in [0, 0.05) is 50.7 Å². The lowest BCUT2D eigenvalue weighted by molar-refractivity contribution is 0.175. The molecule has 1 aromatic heterocycles. The number of nitrogens with zero attached hydrogens (tertiary/aromatic N) is 3.